The maximum atomic E-state index is 13.8. The molecule has 234 valence electrons. The fourth-order valence-electron chi connectivity index (χ4n) is 7.57. The number of aryl methyl sites for hydroxylation is 1. The van der Waals surface area contributed by atoms with Crippen molar-refractivity contribution in [2.24, 2.45) is 30.2 Å². The topological polar surface area (TPSA) is 79.3 Å². The second kappa shape index (κ2) is 11.5. The lowest BCUT2D eigenvalue weighted by molar-refractivity contribution is -0.134. The summed E-state index contributed by atoms with van der Waals surface area (Å²) in [5.74, 6) is 3.14. The van der Waals surface area contributed by atoms with Crippen LogP contribution in [0.4, 0.5) is 5.69 Å². The Morgan fingerprint density at radius 3 is 2.48 bits per heavy atom. The molecule has 44 heavy (non-hydrogen) atoms. The zero-order chi connectivity index (χ0) is 30.7. The lowest BCUT2D eigenvalue weighted by atomic mass is 9.70. The van der Waals surface area contributed by atoms with Gasteiger partial charge in [0.15, 0.2) is 0 Å². The molecule has 2 atom stereocenters. The summed E-state index contributed by atoms with van der Waals surface area (Å²) < 4.78 is 2.10. The van der Waals surface area contributed by atoms with Gasteiger partial charge in [-0.3, -0.25) is 9.59 Å². The Balaban J connectivity index is 1.16. The number of aromatic nitrogens is 2. The molecule has 2 N–H and O–H groups in total. The zero-order valence-electron chi connectivity index (χ0n) is 26.0. The summed E-state index contributed by atoms with van der Waals surface area (Å²) in [4.78, 5) is 33.9. The Hall–Kier alpha value is -2.77. The van der Waals surface area contributed by atoms with Crippen molar-refractivity contribution >= 4 is 51.7 Å². The van der Waals surface area contributed by atoms with Crippen LogP contribution in [0.1, 0.15) is 92.5 Å². The molecule has 3 aromatic rings. The van der Waals surface area contributed by atoms with Crippen molar-refractivity contribution in [3.05, 3.63) is 56.8 Å². The van der Waals surface area contributed by atoms with Gasteiger partial charge in [-0.25, -0.2) is 4.98 Å². The van der Waals surface area contributed by atoms with Gasteiger partial charge < -0.3 is 20.1 Å². The third-order valence-corrected chi connectivity index (χ3v) is 11.9. The van der Waals surface area contributed by atoms with E-state index < -0.39 is 0 Å². The van der Waals surface area contributed by atoms with Crippen LogP contribution < -0.4 is 15.5 Å². The van der Waals surface area contributed by atoms with Crippen LogP contribution in [0.3, 0.4) is 0 Å². The molecule has 3 saturated carbocycles. The minimum Gasteiger partial charge on any atom is -0.370 e. The number of carbonyl (C=O) groups excluding carboxylic acids is 2. The minimum absolute atomic E-state index is 0.00540. The zero-order valence-corrected chi connectivity index (χ0v) is 27.5. The highest BCUT2D eigenvalue weighted by Gasteiger charge is 2.46. The standard InChI is InChI=1S/C35H43Cl2N5O2/c1-20-5-8-24(9-6-20)39-33(43)26-14-28-30(16-29(26)42-18-22-13-23(22)19-42)41(3)31(40-28)15-25-27(36)10-7-21(32(25)37)17-38-34(44)35(2)11-4-12-35/h7,10,14,16,20,22-24H,4-6,8-9,11-13,15,17-19H2,1-3H3,(H,38,44)(H,39,43). The quantitative estimate of drug-likeness (QED) is 0.278. The number of imidazole rings is 1. The molecule has 4 aliphatic rings. The van der Waals surface area contributed by atoms with Gasteiger partial charge in [0.2, 0.25) is 5.91 Å². The molecular weight excluding hydrogens is 593 g/mol. The fourth-order valence-corrected chi connectivity index (χ4v) is 8.14. The van der Waals surface area contributed by atoms with Crippen LogP contribution in [0.25, 0.3) is 11.0 Å². The van der Waals surface area contributed by atoms with Crippen LogP contribution in [-0.4, -0.2) is 40.5 Å². The van der Waals surface area contributed by atoms with Crippen molar-refractivity contribution in [2.75, 3.05) is 18.0 Å². The van der Waals surface area contributed by atoms with Crippen molar-refractivity contribution in [1.29, 1.82) is 0 Å². The number of carbonyl (C=O) groups is 2. The first-order valence-corrected chi connectivity index (χ1v) is 17.1. The molecule has 1 aromatic heterocycles. The second-order valence-corrected chi connectivity index (χ2v) is 15.1. The summed E-state index contributed by atoms with van der Waals surface area (Å²) in [7, 11) is 2.02. The molecule has 0 bridgehead atoms. The maximum Gasteiger partial charge on any atom is 0.253 e. The Morgan fingerprint density at radius 2 is 1.80 bits per heavy atom. The molecule has 2 unspecified atom stereocenters. The van der Waals surface area contributed by atoms with E-state index in [0.29, 0.717) is 23.0 Å². The molecule has 1 aliphatic heterocycles. The SMILES string of the molecule is CC1CCC(NC(=O)c2cc3nc(Cc4c(Cl)ccc(CNC(=O)C5(C)CCC5)c4Cl)n(C)c3cc2N2CC3CC3C2)CC1. The van der Waals surface area contributed by atoms with E-state index in [1.807, 2.05) is 32.2 Å². The van der Waals surface area contributed by atoms with Gasteiger partial charge in [0.1, 0.15) is 5.82 Å². The molecule has 2 aromatic carbocycles. The van der Waals surface area contributed by atoms with Gasteiger partial charge in [0.05, 0.1) is 27.3 Å². The predicted octanol–water partition coefficient (Wildman–Crippen LogP) is 7.04. The van der Waals surface area contributed by atoms with Crippen LogP contribution in [0.5, 0.6) is 0 Å². The Bertz CT molecular complexity index is 1610. The molecule has 1 saturated heterocycles. The van der Waals surface area contributed by atoms with Gasteiger partial charge in [0, 0.05) is 49.6 Å². The fraction of sp³-hybridized carbons (Fsp3) is 0.571. The lowest BCUT2D eigenvalue weighted by Gasteiger charge is -2.36. The third kappa shape index (κ3) is 5.60. The number of piperidine rings is 1. The highest BCUT2D eigenvalue weighted by Crippen LogP contribution is 2.47. The van der Waals surface area contributed by atoms with E-state index in [1.54, 1.807) is 0 Å². The molecule has 2 amide bonds. The molecule has 0 radical (unpaired) electrons. The first-order chi connectivity index (χ1) is 21.1. The summed E-state index contributed by atoms with van der Waals surface area (Å²) in [5.41, 5.74) is 4.87. The molecule has 7 nitrogen and oxygen atoms in total. The highest BCUT2D eigenvalue weighted by molar-refractivity contribution is 6.36. The molecule has 3 aliphatic carbocycles. The molecule has 2 heterocycles. The second-order valence-electron chi connectivity index (χ2n) is 14.3. The third-order valence-electron chi connectivity index (χ3n) is 11.1. The number of nitrogens with zero attached hydrogens (tertiary/aromatic N) is 3. The highest BCUT2D eigenvalue weighted by atomic mass is 35.5. The maximum absolute atomic E-state index is 13.8. The van der Waals surface area contributed by atoms with Gasteiger partial charge in [-0.2, -0.15) is 0 Å². The molecule has 7 rings (SSSR count). The largest absolute Gasteiger partial charge is 0.370 e. The first-order valence-electron chi connectivity index (χ1n) is 16.4. The van der Waals surface area contributed by atoms with Gasteiger partial charge in [0.25, 0.3) is 5.91 Å². The average Bonchev–Trinajstić information content (AvgIpc) is 3.48. The van der Waals surface area contributed by atoms with E-state index in [1.165, 1.54) is 6.42 Å². The predicted molar refractivity (Wildman–Crippen MR) is 176 cm³/mol. The summed E-state index contributed by atoms with van der Waals surface area (Å²) in [6.07, 6.45) is 9.09. The van der Waals surface area contributed by atoms with Crippen molar-refractivity contribution in [3.63, 3.8) is 0 Å². The number of benzene rings is 2. The van der Waals surface area contributed by atoms with Crippen LogP contribution in [0.15, 0.2) is 24.3 Å². The van der Waals surface area contributed by atoms with E-state index in [9.17, 15) is 9.59 Å². The normalized spacial score (nSPS) is 25.4. The van der Waals surface area contributed by atoms with Gasteiger partial charge >= 0.3 is 0 Å². The molecule has 4 fully saturated rings. The number of hydrogen-bond donors (Lipinski definition) is 2. The number of fused-ring (bicyclic) bond motifs is 2. The number of rotatable bonds is 8. The van der Waals surface area contributed by atoms with E-state index in [4.69, 9.17) is 28.2 Å². The van der Waals surface area contributed by atoms with E-state index in [2.05, 4.69) is 33.1 Å². The first kappa shape index (κ1) is 29.9. The summed E-state index contributed by atoms with van der Waals surface area (Å²) in [6, 6.07) is 8.10. The summed E-state index contributed by atoms with van der Waals surface area (Å²) in [5, 5.41) is 7.57. The monoisotopic (exact) mass is 635 g/mol. The number of anilines is 1. The Morgan fingerprint density at radius 1 is 1.07 bits per heavy atom. The number of amides is 2. The number of nitrogens with one attached hydrogen (secondary N) is 2. The van der Waals surface area contributed by atoms with Crippen molar-refractivity contribution in [1.82, 2.24) is 20.2 Å². The van der Waals surface area contributed by atoms with Gasteiger partial charge in [-0.15, -0.1) is 0 Å². The molecule has 9 heteroatoms. The van der Waals surface area contributed by atoms with E-state index in [-0.39, 0.29) is 23.3 Å². The smallest absolute Gasteiger partial charge is 0.253 e. The van der Waals surface area contributed by atoms with E-state index in [0.717, 1.165) is 115 Å². The van der Waals surface area contributed by atoms with Crippen LogP contribution in [-0.2, 0) is 24.8 Å². The van der Waals surface area contributed by atoms with E-state index >= 15 is 0 Å². The number of hydrogen-bond acceptors (Lipinski definition) is 4. The average molecular weight is 637 g/mol. The van der Waals surface area contributed by atoms with Crippen molar-refractivity contribution in [3.8, 4) is 0 Å². The van der Waals surface area contributed by atoms with Crippen LogP contribution >= 0.6 is 23.2 Å². The lowest BCUT2D eigenvalue weighted by Crippen LogP contribution is -2.43. The minimum atomic E-state index is -0.270. The Kier molecular flexibility index (Phi) is 7.85. The van der Waals surface area contributed by atoms with Gasteiger partial charge in [-0.05, 0) is 92.0 Å². The summed E-state index contributed by atoms with van der Waals surface area (Å²) in [6.45, 7) is 6.70. The van der Waals surface area contributed by atoms with Crippen molar-refractivity contribution in [2.45, 2.75) is 84.2 Å². The summed E-state index contributed by atoms with van der Waals surface area (Å²) >= 11 is 13.6. The van der Waals surface area contributed by atoms with Crippen LogP contribution in [0.2, 0.25) is 10.0 Å². The number of halogens is 2. The van der Waals surface area contributed by atoms with Crippen LogP contribution in [0, 0.1) is 23.2 Å². The van der Waals surface area contributed by atoms with Crippen molar-refractivity contribution < 1.29 is 9.59 Å². The van der Waals surface area contributed by atoms with Gasteiger partial charge in [-0.1, -0.05) is 49.5 Å². The Labute approximate surface area is 270 Å². The molecule has 0 spiro atoms. The molecular formula is C35H43Cl2N5O2.